The fourth-order valence-corrected chi connectivity index (χ4v) is 3.43. The van der Waals surface area contributed by atoms with Gasteiger partial charge in [-0.1, -0.05) is 37.4 Å². The lowest BCUT2D eigenvalue weighted by molar-refractivity contribution is -0.186. The van der Waals surface area contributed by atoms with Gasteiger partial charge in [0.25, 0.3) is 0 Å². The van der Waals surface area contributed by atoms with E-state index in [1.807, 2.05) is 0 Å². The molecule has 0 aromatic carbocycles. The first-order valence-electron chi connectivity index (χ1n) is 6.94. The number of hydrogen-bond acceptors (Lipinski definition) is 8. The van der Waals surface area contributed by atoms with E-state index in [0.717, 1.165) is 30.4 Å². The summed E-state index contributed by atoms with van der Waals surface area (Å²) in [5.74, 6) is -2.17. The predicted octanol–water partition coefficient (Wildman–Crippen LogP) is 2.05. The number of esters is 2. The van der Waals surface area contributed by atoms with Gasteiger partial charge < -0.3 is 9.47 Å². The van der Waals surface area contributed by atoms with Crippen LogP contribution in [0.4, 0.5) is 0 Å². The van der Waals surface area contributed by atoms with Gasteiger partial charge in [-0.15, -0.1) is 0 Å². The average molecular weight is 350 g/mol. The lowest BCUT2D eigenvalue weighted by Crippen LogP contribution is -2.53. The van der Waals surface area contributed by atoms with Crippen molar-refractivity contribution < 1.29 is 28.7 Å². The highest BCUT2D eigenvalue weighted by molar-refractivity contribution is 8.15. The van der Waals surface area contributed by atoms with Crippen LogP contribution < -0.4 is 0 Å². The summed E-state index contributed by atoms with van der Waals surface area (Å²) >= 11 is 1.82. The molecule has 0 saturated carbocycles. The van der Waals surface area contributed by atoms with E-state index >= 15 is 0 Å². The number of hydrogen-bond donors (Lipinski definition) is 0. The predicted molar refractivity (Wildman–Crippen MR) is 86.6 cm³/mol. The normalized spacial score (nSPS) is 13.4. The third-order valence-corrected chi connectivity index (χ3v) is 4.25. The van der Waals surface area contributed by atoms with E-state index in [4.69, 9.17) is 9.47 Å². The molecule has 0 N–H and O–H groups in total. The Labute approximate surface area is 139 Å². The summed E-state index contributed by atoms with van der Waals surface area (Å²) in [6.07, 6.45) is 0. The molecule has 0 saturated heterocycles. The van der Waals surface area contributed by atoms with Gasteiger partial charge in [0.05, 0.1) is 6.61 Å². The van der Waals surface area contributed by atoms with E-state index < -0.39 is 33.7 Å². The Balaban J connectivity index is 5.80. The molecule has 0 aliphatic heterocycles. The Hall–Kier alpha value is -1.02. The fraction of sp³-hybridized carbons (Fsp3) is 0.714. The van der Waals surface area contributed by atoms with Gasteiger partial charge in [-0.25, -0.2) is 4.79 Å². The van der Waals surface area contributed by atoms with Crippen LogP contribution in [0.1, 0.15) is 34.6 Å². The molecule has 0 rings (SSSR count). The van der Waals surface area contributed by atoms with Gasteiger partial charge >= 0.3 is 11.9 Å². The zero-order valence-electron chi connectivity index (χ0n) is 13.5. The molecule has 0 aliphatic carbocycles. The SMILES string of the molecule is CCOC(=O)C(C)(OC(C)=O)C(C(=O)SCC)C(=O)SCC. The quantitative estimate of drug-likeness (QED) is 0.485. The van der Waals surface area contributed by atoms with E-state index in [2.05, 4.69) is 0 Å². The molecule has 6 nitrogen and oxygen atoms in total. The van der Waals surface area contributed by atoms with Gasteiger partial charge in [0.1, 0.15) is 5.92 Å². The van der Waals surface area contributed by atoms with Crippen molar-refractivity contribution in [2.45, 2.75) is 40.2 Å². The van der Waals surface area contributed by atoms with Gasteiger partial charge in [-0.05, 0) is 25.4 Å². The lowest BCUT2D eigenvalue weighted by Gasteiger charge is -2.32. The monoisotopic (exact) mass is 350 g/mol. The number of carbonyl (C=O) groups excluding carboxylic acids is 4. The van der Waals surface area contributed by atoms with E-state index in [9.17, 15) is 19.2 Å². The average Bonchev–Trinajstić information content (AvgIpc) is 2.38. The Morgan fingerprint density at radius 2 is 1.45 bits per heavy atom. The lowest BCUT2D eigenvalue weighted by atomic mass is 9.90. The second kappa shape index (κ2) is 9.89. The van der Waals surface area contributed by atoms with Crippen molar-refractivity contribution >= 4 is 45.7 Å². The third-order valence-electron chi connectivity index (χ3n) is 2.63. The van der Waals surface area contributed by atoms with Crippen molar-refractivity contribution in [2.24, 2.45) is 5.92 Å². The number of rotatable bonds is 8. The maximum absolute atomic E-state index is 12.3. The molecule has 0 aromatic heterocycles. The van der Waals surface area contributed by atoms with E-state index in [1.165, 1.54) is 6.92 Å². The van der Waals surface area contributed by atoms with Crippen LogP contribution in [0, 0.1) is 5.92 Å². The van der Waals surface area contributed by atoms with Crippen LogP contribution in [0.25, 0.3) is 0 Å². The largest absolute Gasteiger partial charge is 0.463 e. The third kappa shape index (κ3) is 5.64. The highest BCUT2D eigenvalue weighted by Crippen LogP contribution is 2.32. The number of thioether (sulfide) groups is 2. The van der Waals surface area contributed by atoms with Crippen molar-refractivity contribution in [1.82, 2.24) is 0 Å². The first-order chi connectivity index (χ1) is 10.2. The summed E-state index contributed by atoms with van der Waals surface area (Å²) in [7, 11) is 0. The van der Waals surface area contributed by atoms with Crippen LogP contribution in [-0.4, -0.2) is 45.9 Å². The van der Waals surface area contributed by atoms with Crippen LogP contribution in [0.15, 0.2) is 0 Å². The standard InChI is InChI=1S/C14H22O6S2/c1-6-19-13(18)14(5,20-9(4)15)10(11(16)21-7-2)12(17)22-8-3/h10H,6-8H2,1-5H3. The van der Waals surface area contributed by atoms with Crippen LogP contribution >= 0.6 is 23.5 Å². The molecule has 0 amide bonds. The highest BCUT2D eigenvalue weighted by atomic mass is 32.2. The zero-order chi connectivity index (χ0) is 17.3. The molecule has 0 heterocycles. The second-order valence-corrected chi connectivity index (χ2v) is 6.90. The number of carbonyl (C=O) groups is 4. The molecule has 0 aliphatic rings. The Kier molecular flexibility index (Phi) is 9.43. The van der Waals surface area contributed by atoms with Crippen molar-refractivity contribution in [3.8, 4) is 0 Å². The van der Waals surface area contributed by atoms with E-state index in [0.29, 0.717) is 11.5 Å². The highest BCUT2D eigenvalue weighted by Gasteiger charge is 2.53. The zero-order valence-corrected chi connectivity index (χ0v) is 15.1. The van der Waals surface area contributed by atoms with E-state index in [-0.39, 0.29) is 6.61 Å². The maximum Gasteiger partial charge on any atom is 0.351 e. The summed E-state index contributed by atoms with van der Waals surface area (Å²) in [5, 5.41) is -1.02. The van der Waals surface area contributed by atoms with Gasteiger partial charge in [0, 0.05) is 6.92 Å². The minimum atomic E-state index is -1.96. The van der Waals surface area contributed by atoms with Crippen molar-refractivity contribution in [3.05, 3.63) is 0 Å². The first-order valence-corrected chi connectivity index (χ1v) is 8.91. The van der Waals surface area contributed by atoms with Crippen molar-refractivity contribution in [2.75, 3.05) is 18.1 Å². The Morgan fingerprint density at radius 1 is 1.00 bits per heavy atom. The summed E-state index contributed by atoms with van der Waals surface area (Å²) in [4.78, 5) is 48.3. The Bertz CT molecular complexity index is 419. The van der Waals surface area contributed by atoms with Crippen molar-refractivity contribution in [1.29, 1.82) is 0 Å². The van der Waals surface area contributed by atoms with Crippen LogP contribution in [-0.2, 0) is 28.7 Å². The molecule has 0 bridgehead atoms. The van der Waals surface area contributed by atoms with Crippen LogP contribution in [0.2, 0.25) is 0 Å². The van der Waals surface area contributed by atoms with E-state index in [1.54, 1.807) is 20.8 Å². The second-order valence-electron chi connectivity index (χ2n) is 4.36. The molecule has 1 unspecified atom stereocenters. The van der Waals surface area contributed by atoms with Crippen molar-refractivity contribution in [3.63, 3.8) is 0 Å². The minimum Gasteiger partial charge on any atom is -0.463 e. The van der Waals surface area contributed by atoms with Gasteiger partial charge in [0.15, 0.2) is 0 Å². The molecule has 22 heavy (non-hydrogen) atoms. The summed E-state index contributed by atoms with van der Waals surface area (Å²) < 4.78 is 9.97. The van der Waals surface area contributed by atoms with Crippen LogP contribution in [0.5, 0.6) is 0 Å². The summed E-state index contributed by atoms with van der Waals surface area (Å²) in [5.41, 5.74) is -1.96. The number of ether oxygens (including phenoxy) is 2. The van der Waals surface area contributed by atoms with Gasteiger partial charge in [-0.3, -0.25) is 14.4 Å². The molecule has 0 radical (unpaired) electrons. The molecule has 0 spiro atoms. The Morgan fingerprint density at radius 3 is 1.77 bits per heavy atom. The topological polar surface area (TPSA) is 86.7 Å². The molecular weight excluding hydrogens is 328 g/mol. The van der Waals surface area contributed by atoms with Gasteiger partial charge in [-0.2, -0.15) is 0 Å². The molecule has 0 fully saturated rings. The smallest absolute Gasteiger partial charge is 0.351 e. The molecule has 1 atom stereocenters. The molecule has 8 heteroatoms. The summed E-state index contributed by atoms with van der Waals surface area (Å²) in [6.45, 7) is 7.51. The molecule has 126 valence electrons. The molecular formula is C14H22O6S2. The molecule has 0 aromatic rings. The fourth-order valence-electron chi connectivity index (χ4n) is 1.79. The minimum absolute atomic E-state index is 0.0482. The van der Waals surface area contributed by atoms with Gasteiger partial charge in [0.2, 0.25) is 15.8 Å². The van der Waals surface area contributed by atoms with Crippen LogP contribution in [0.3, 0.4) is 0 Å². The maximum atomic E-state index is 12.3. The summed E-state index contributed by atoms with van der Waals surface area (Å²) in [6, 6.07) is 0. The first kappa shape index (κ1) is 21.0.